The Morgan fingerprint density at radius 2 is 1.52 bits per heavy atom. The molecule has 0 aromatic carbocycles. The van der Waals surface area contributed by atoms with Crippen LogP contribution in [0.1, 0.15) is 113 Å². The normalized spacial score (nSPS) is 37.1. The van der Waals surface area contributed by atoms with E-state index >= 15 is 0 Å². The third kappa shape index (κ3) is 4.93. The molecule has 27 heavy (non-hydrogen) atoms. The monoisotopic (exact) mass is 377 g/mol. The molecule has 1 nitrogen and oxygen atoms in total. The number of rotatable bonds is 9. The van der Waals surface area contributed by atoms with E-state index in [1.54, 1.807) is 0 Å². The minimum Gasteiger partial charge on any atom is -0.330 e. The third-order valence-corrected chi connectivity index (χ3v) is 9.37. The summed E-state index contributed by atoms with van der Waals surface area (Å²) in [6.07, 6.45) is 14.2. The van der Waals surface area contributed by atoms with Crippen LogP contribution in [0.15, 0.2) is 0 Å². The Morgan fingerprint density at radius 3 is 2.04 bits per heavy atom. The zero-order valence-corrected chi connectivity index (χ0v) is 19.8. The van der Waals surface area contributed by atoms with Gasteiger partial charge in [-0.25, -0.2) is 0 Å². The topological polar surface area (TPSA) is 26.0 Å². The highest BCUT2D eigenvalue weighted by atomic mass is 14.6. The molecule has 0 aliphatic heterocycles. The molecule has 7 atom stereocenters. The van der Waals surface area contributed by atoms with Crippen LogP contribution in [0.25, 0.3) is 0 Å². The highest BCUT2D eigenvalue weighted by Gasteiger charge is 2.49. The van der Waals surface area contributed by atoms with Crippen LogP contribution < -0.4 is 5.73 Å². The Kier molecular flexibility index (Phi) is 8.30. The number of hydrogen-bond acceptors (Lipinski definition) is 1. The predicted molar refractivity (Wildman–Crippen MR) is 121 cm³/mol. The van der Waals surface area contributed by atoms with Crippen LogP contribution in [0.5, 0.6) is 0 Å². The quantitative estimate of drug-likeness (QED) is 0.438. The van der Waals surface area contributed by atoms with E-state index < -0.39 is 0 Å². The van der Waals surface area contributed by atoms with E-state index in [9.17, 15) is 0 Å². The SMILES string of the molecule is CCCC1(C)C(C(C)C[C@H](CC)C2CCCCC2(C)C)CCC1[C@H](C)CN. The first-order valence-electron chi connectivity index (χ1n) is 12.4. The van der Waals surface area contributed by atoms with Crippen molar-refractivity contribution >= 4 is 0 Å². The predicted octanol–water partition coefficient (Wildman–Crippen LogP) is 7.68. The molecule has 0 spiro atoms. The lowest BCUT2D eigenvalue weighted by Crippen LogP contribution is -2.39. The standard InChI is InChI=1S/C26H51N/c1-8-15-26(7)22(13-14-23(26)20(4)18-27)19(3)17-21(9-2)24-12-10-11-16-25(24,5)6/h19-24H,8-18,27H2,1-7H3/t19?,20-,21+,22?,23?,24?,26?/m1/s1. The van der Waals surface area contributed by atoms with Crippen molar-refractivity contribution in [3.63, 3.8) is 0 Å². The first-order valence-corrected chi connectivity index (χ1v) is 12.4. The molecule has 2 saturated carbocycles. The lowest BCUT2D eigenvalue weighted by molar-refractivity contribution is 0.0340. The van der Waals surface area contributed by atoms with Crippen LogP contribution in [-0.4, -0.2) is 6.54 Å². The van der Waals surface area contributed by atoms with Gasteiger partial charge in [0.1, 0.15) is 0 Å². The molecule has 160 valence electrons. The molecule has 1 heteroatoms. The summed E-state index contributed by atoms with van der Waals surface area (Å²) in [5, 5.41) is 0. The van der Waals surface area contributed by atoms with E-state index in [-0.39, 0.29) is 0 Å². The molecule has 0 saturated heterocycles. The minimum atomic E-state index is 0.507. The molecular formula is C26H51N. The van der Waals surface area contributed by atoms with Crippen LogP contribution >= 0.6 is 0 Å². The molecule has 2 N–H and O–H groups in total. The fourth-order valence-corrected chi connectivity index (χ4v) is 7.89. The molecule has 2 fully saturated rings. The van der Waals surface area contributed by atoms with Gasteiger partial charge in [0.25, 0.3) is 0 Å². The average Bonchev–Trinajstić information content (AvgIpc) is 2.96. The summed E-state index contributed by atoms with van der Waals surface area (Å²) in [5.74, 6) is 5.14. The van der Waals surface area contributed by atoms with E-state index in [4.69, 9.17) is 5.73 Å². The van der Waals surface area contributed by atoms with Gasteiger partial charge in [-0.05, 0) is 91.4 Å². The maximum absolute atomic E-state index is 6.12. The van der Waals surface area contributed by atoms with E-state index in [1.165, 1.54) is 64.2 Å². The van der Waals surface area contributed by atoms with E-state index in [0.29, 0.717) is 16.7 Å². The molecule has 2 aliphatic carbocycles. The smallest absolute Gasteiger partial charge is 0.00486 e. The van der Waals surface area contributed by atoms with Gasteiger partial charge in [0.15, 0.2) is 0 Å². The van der Waals surface area contributed by atoms with Crippen molar-refractivity contribution in [1.29, 1.82) is 0 Å². The van der Waals surface area contributed by atoms with Gasteiger partial charge in [-0.15, -0.1) is 0 Å². The van der Waals surface area contributed by atoms with Crippen molar-refractivity contribution in [1.82, 2.24) is 0 Å². The molecular weight excluding hydrogens is 326 g/mol. The van der Waals surface area contributed by atoms with Crippen LogP contribution in [-0.2, 0) is 0 Å². The summed E-state index contributed by atoms with van der Waals surface area (Å²) < 4.78 is 0. The van der Waals surface area contributed by atoms with Gasteiger partial charge in [0.05, 0.1) is 0 Å². The van der Waals surface area contributed by atoms with Crippen LogP contribution in [0.3, 0.4) is 0 Å². The zero-order valence-electron chi connectivity index (χ0n) is 19.8. The van der Waals surface area contributed by atoms with Gasteiger partial charge in [0, 0.05) is 0 Å². The van der Waals surface area contributed by atoms with Gasteiger partial charge in [0.2, 0.25) is 0 Å². The third-order valence-electron chi connectivity index (χ3n) is 9.37. The lowest BCUT2D eigenvalue weighted by Gasteiger charge is -2.46. The summed E-state index contributed by atoms with van der Waals surface area (Å²) in [6, 6.07) is 0. The first-order chi connectivity index (χ1) is 12.7. The van der Waals surface area contributed by atoms with E-state index in [0.717, 1.165) is 36.1 Å². The van der Waals surface area contributed by atoms with Crippen LogP contribution in [0.2, 0.25) is 0 Å². The summed E-state index contributed by atoms with van der Waals surface area (Å²) in [4.78, 5) is 0. The Bertz CT molecular complexity index is 441. The molecule has 2 rings (SSSR count). The van der Waals surface area contributed by atoms with Gasteiger partial charge < -0.3 is 5.73 Å². The fraction of sp³-hybridized carbons (Fsp3) is 1.00. The van der Waals surface area contributed by atoms with Gasteiger partial charge in [-0.3, -0.25) is 0 Å². The van der Waals surface area contributed by atoms with Crippen molar-refractivity contribution in [2.75, 3.05) is 6.54 Å². The van der Waals surface area contributed by atoms with Crippen LogP contribution in [0, 0.1) is 46.3 Å². The Morgan fingerprint density at radius 1 is 0.889 bits per heavy atom. The fourth-order valence-electron chi connectivity index (χ4n) is 7.89. The molecule has 2 aliphatic rings. The minimum absolute atomic E-state index is 0.507. The molecule has 0 heterocycles. The Balaban J connectivity index is 2.13. The molecule has 0 bridgehead atoms. The summed E-state index contributed by atoms with van der Waals surface area (Å²) in [5.41, 5.74) is 7.18. The van der Waals surface area contributed by atoms with Gasteiger partial charge in [-0.2, -0.15) is 0 Å². The molecule has 0 amide bonds. The zero-order chi connectivity index (χ0) is 20.2. The Hall–Kier alpha value is -0.0400. The van der Waals surface area contributed by atoms with Crippen molar-refractivity contribution in [3.8, 4) is 0 Å². The van der Waals surface area contributed by atoms with Crippen molar-refractivity contribution in [2.24, 2.45) is 52.1 Å². The lowest BCUT2D eigenvalue weighted by atomic mass is 9.59. The summed E-state index contributed by atoms with van der Waals surface area (Å²) in [7, 11) is 0. The highest BCUT2D eigenvalue weighted by molar-refractivity contribution is 4.99. The first kappa shape index (κ1) is 23.2. The maximum Gasteiger partial charge on any atom is -0.00486 e. The Labute approximate surface area is 171 Å². The molecule has 5 unspecified atom stereocenters. The molecule has 0 radical (unpaired) electrons. The van der Waals surface area contributed by atoms with E-state index in [2.05, 4.69) is 48.5 Å². The maximum atomic E-state index is 6.12. The summed E-state index contributed by atoms with van der Waals surface area (Å²) in [6.45, 7) is 18.5. The van der Waals surface area contributed by atoms with Gasteiger partial charge >= 0.3 is 0 Å². The second-order valence-electron chi connectivity index (χ2n) is 11.5. The second kappa shape index (κ2) is 9.64. The summed E-state index contributed by atoms with van der Waals surface area (Å²) >= 11 is 0. The van der Waals surface area contributed by atoms with Gasteiger partial charge in [-0.1, -0.05) is 74.1 Å². The van der Waals surface area contributed by atoms with E-state index in [1.807, 2.05) is 0 Å². The molecule has 0 aromatic rings. The van der Waals surface area contributed by atoms with Crippen molar-refractivity contribution < 1.29 is 0 Å². The second-order valence-corrected chi connectivity index (χ2v) is 11.5. The van der Waals surface area contributed by atoms with Crippen molar-refractivity contribution in [3.05, 3.63) is 0 Å². The van der Waals surface area contributed by atoms with Crippen LogP contribution in [0.4, 0.5) is 0 Å². The largest absolute Gasteiger partial charge is 0.330 e. The number of nitrogens with two attached hydrogens (primary N) is 1. The average molecular weight is 378 g/mol. The highest BCUT2D eigenvalue weighted by Crippen LogP contribution is 2.57. The van der Waals surface area contributed by atoms with Crippen molar-refractivity contribution in [2.45, 2.75) is 113 Å². The molecule has 0 aromatic heterocycles. The number of hydrogen-bond donors (Lipinski definition) is 1.